The van der Waals surface area contributed by atoms with Crippen molar-refractivity contribution in [3.05, 3.63) is 79.0 Å². The fraction of sp³-hybridized carbons (Fsp3) is 0.250. The van der Waals surface area contributed by atoms with Gasteiger partial charge in [-0.2, -0.15) is 0 Å². The van der Waals surface area contributed by atoms with Crippen LogP contribution in [0.3, 0.4) is 0 Å². The van der Waals surface area contributed by atoms with Gasteiger partial charge in [-0.1, -0.05) is 30.3 Å². The Hall–Kier alpha value is -4.37. The molecule has 1 fully saturated rings. The number of amides is 1. The average Bonchev–Trinajstić information content (AvgIpc) is 3.53. The molecule has 9 heteroatoms. The second kappa shape index (κ2) is 11.1. The zero-order valence-corrected chi connectivity index (χ0v) is 20.9. The number of hydrogen-bond acceptors (Lipinski definition) is 7. The Labute approximate surface area is 215 Å². The number of aromatic nitrogens is 3. The largest absolute Gasteiger partial charge is 0.471 e. The molecule has 3 heterocycles. The Morgan fingerprint density at radius 3 is 2.84 bits per heavy atom. The maximum Gasteiger partial charge on any atom is 0.246 e. The standard InChI is InChI=1S/C28H30N6O3/c1-33(2)16-7-12-25(35)34-17-14-23(19-34)37-28-26-24(13-15-29-27(26)31-32-28)30-20-8-6-11-22(18-20)36-21-9-4-3-5-10-21/h3-13,15,18,23H,14,16-17,19H2,1-2H3,(H2,29,30,31,32)/b12-7+/t23-/m1/s1. The van der Waals surface area contributed by atoms with Crippen LogP contribution in [0.5, 0.6) is 17.4 Å². The smallest absolute Gasteiger partial charge is 0.246 e. The van der Waals surface area contributed by atoms with Crippen LogP contribution < -0.4 is 14.8 Å². The molecule has 0 saturated carbocycles. The second-order valence-corrected chi connectivity index (χ2v) is 9.16. The summed E-state index contributed by atoms with van der Waals surface area (Å²) in [6.45, 7) is 1.89. The van der Waals surface area contributed by atoms with Crippen LogP contribution in [-0.4, -0.2) is 70.7 Å². The topological polar surface area (TPSA) is 95.6 Å². The van der Waals surface area contributed by atoms with Crippen molar-refractivity contribution in [2.45, 2.75) is 12.5 Å². The van der Waals surface area contributed by atoms with Crippen LogP contribution in [0.1, 0.15) is 6.42 Å². The summed E-state index contributed by atoms with van der Waals surface area (Å²) in [7, 11) is 3.94. The SMILES string of the molecule is CN(C)C/C=C/C(=O)N1CC[C@@H](Oc2n[nH]c3nccc(Nc4cccc(Oc5ccccc5)c4)c23)C1. The van der Waals surface area contributed by atoms with Crippen molar-refractivity contribution >= 4 is 28.3 Å². The van der Waals surface area contributed by atoms with Gasteiger partial charge in [0.05, 0.1) is 12.2 Å². The molecule has 0 radical (unpaired) electrons. The minimum absolute atomic E-state index is 0.00135. The van der Waals surface area contributed by atoms with Gasteiger partial charge in [-0.25, -0.2) is 4.98 Å². The number of carbonyl (C=O) groups is 1. The molecule has 0 bridgehead atoms. The number of fused-ring (bicyclic) bond motifs is 1. The summed E-state index contributed by atoms with van der Waals surface area (Å²) in [4.78, 5) is 20.7. The number of ether oxygens (including phenoxy) is 2. The number of aromatic amines is 1. The highest BCUT2D eigenvalue weighted by atomic mass is 16.5. The number of likely N-dealkylation sites (tertiary alicyclic amines) is 1. The molecule has 37 heavy (non-hydrogen) atoms. The van der Waals surface area contributed by atoms with E-state index >= 15 is 0 Å². The number of likely N-dealkylation sites (N-methyl/N-ethyl adjacent to an activating group) is 1. The van der Waals surface area contributed by atoms with Crippen molar-refractivity contribution in [1.29, 1.82) is 0 Å². The van der Waals surface area contributed by atoms with E-state index in [0.29, 0.717) is 24.6 Å². The molecule has 0 spiro atoms. The Kier molecular flexibility index (Phi) is 7.32. The Morgan fingerprint density at radius 1 is 1.16 bits per heavy atom. The van der Waals surface area contributed by atoms with Crippen molar-refractivity contribution in [2.24, 2.45) is 0 Å². The van der Waals surface area contributed by atoms with Crippen LogP contribution >= 0.6 is 0 Å². The molecule has 1 saturated heterocycles. The molecule has 0 unspecified atom stereocenters. The van der Waals surface area contributed by atoms with Gasteiger partial charge in [0.15, 0.2) is 5.65 Å². The lowest BCUT2D eigenvalue weighted by molar-refractivity contribution is -0.125. The number of anilines is 2. The van der Waals surface area contributed by atoms with E-state index in [1.807, 2.05) is 85.7 Å². The van der Waals surface area contributed by atoms with Crippen molar-refractivity contribution < 1.29 is 14.3 Å². The zero-order chi connectivity index (χ0) is 25.6. The minimum Gasteiger partial charge on any atom is -0.471 e. The first-order valence-corrected chi connectivity index (χ1v) is 12.2. The zero-order valence-electron chi connectivity index (χ0n) is 20.9. The molecule has 1 atom stereocenters. The number of carbonyl (C=O) groups excluding carboxylic acids is 1. The third-order valence-electron chi connectivity index (χ3n) is 5.99. The van der Waals surface area contributed by atoms with E-state index in [-0.39, 0.29) is 12.0 Å². The summed E-state index contributed by atoms with van der Waals surface area (Å²) in [6.07, 6.45) is 5.82. The van der Waals surface area contributed by atoms with Gasteiger partial charge < -0.3 is 24.6 Å². The summed E-state index contributed by atoms with van der Waals surface area (Å²) in [5, 5.41) is 11.5. The van der Waals surface area contributed by atoms with Crippen LogP contribution in [0, 0.1) is 0 Å². The first-order valence-electron chi connectivity index (χ1n) is 12.2. The molecule has 2 aromatic heterocycles. The van der Waals surface area contributed by atoms with E-state index in [1.165, 1.54) is 0 Å². The monoisotopic (exact) mass is 498 g/mol. The minimum atomic E-state index is -0.145. The summed E-state index contributed by atoms with van der Waals surface area (Å²) in [6, 6.07) is 19.3. The van der Waals surface area contributed by atoms with Crippen molar-refractivity contribution in [3.63, 3.8) is 0 Å². The first-order chi connectivity index (χ1) is 18.0. The number of para-hydroxylation sites is 1. The molecule has 5 rings (SSSR count). The molecule has 190 valence electrons. The third-order valence-corrected chi connectivity index (χ3v) is 5.99. The number of hydrogen-bond donors (Lipinski definition) is 2. The maximum atomic E-state index is 12.5. The van der Waals surface area contributed by atoms with Crippen LogP contribution in [0.15, 0.2) is 79.0 Å². The lowest BCUT2D eigenvalue weighted by Crippen LogP contribution is -2.29. The number of benzene rings is 2. The number of pyridine rings is 1. The Morgan fingerprint density at radius 2 is 2.00 bits per heavy atom. The van der Waals surface area contributed by atoms with Gasteiger partial charge in [-0.15, -0.1) is 5.10 Å². The molecular weight excluding hydrogens is 468 g/mol. The molecule has 1 aliphatic heterocycles. The first kappa shape index (κ1) is 24.3. The van der Waals surface area contributed by atoms with Crippen LogP contribution in [-0.2, 0) is 4.79 Å². The number of rotatable bonds is 9. The van der Waals surface area contributed by atoms with Crippen molar-refractivity contribution in [3.8, 4) is 17.4 Å². The fourth-order valence-corrected chi connectivity index (χ4v) is 4.18. The molecule has 9 nitrogen and oxygen atoms in total. The van der Waals surface area contributed by atoms with Gasteiger partial charge in [0.25, 0.3) is 0 Å². The third kappa shape index (κ3) is 6.07. The van der Waals surface area contributed by atoms with E-state index in [9.17, 15) is 4.79 Å². The predicted octanol–water partition coefficient (Wildman–Crippen LogP) is 4.59. The molecule has 4 aromatic rings. The van der Waals surface area contributed by atoms with Crippen LogP contribution in [0.25, 0.3) is 11.0 Å². The van der Waals surface area contributed by atoms with E-state index in [1.54, 1.807) is 17.2 Å². The highest BCUT2D eigenvalue weighted by Crippen LogP contribution is 2.33. The molecule has 2 N–H and O–H groups in total. The number of H-pyrrole nitrogens is 1. The van der Waals surface area contributed by atoms with E-state index in [0.717, 1.165) is 41.2 Å². The summed E-state index contributed by atoms with van der Waals surface area (Å²) in [5.41, 5.74) is 2.28. The molecule has 1 aliphatic rings. The number of nitrogens with one attached hydrogen (secondary N) is 2. The van der Waals surface area contributed by atoms with E-state index < -0.39 is 0 Å². The highest BCUT2D eigenvalue weighted by molar-refractivity contribution is 5.95. The Bertz CT molecular complexity index is 1390. The Balaban J connectivity index is 1.29. The van der Waals surface area contributed by atoms with E-state index in [4.69, 9.17) is 9.47 Å². The molecule has 2 aromatic carbocycles. The lowest BCUT2D eigenvalue weighted by atomic mass is 10.2. The van der Waals surface area contributed by atoms with Crippen molar-refractivity contribution in [2.75, 3.05) is 39.0 Å². The van der Waals surface area contributed by atoms with Gasteiger partial charge >= 0.3 is 0 Å². The normalized spacial score (nSPS) is 15.5. The summed E-state index contributed by atoms with van der Waals surface area (Å²) in [5.74, 6) is 1.96. The lowest BCUT2D eigenvalue weighted by Gasteiger charge is -2.15. The summed E-state index contributed by atoms with van der Waals surface area (Å²) < 4.78 is 12.2. The number of nitrogens with zero attached hydrogens (tertiary/aromatic N) is 4. The van der Waals surface area contributed by atoms with Gasteiger partial charge in [-0.3, -0.25) is 9.89 Å². The molecule has 0 aliphatic carbocycles. The predicted molar refractivity (Wildman–Crippen MR) is 143 cm³/mol. The fourth-order valence-electron chi connectivity index (χ4n) is 4.18. The quantitative estimate of drug-likeness (QED) is 0.326. The van der Waals surface area contributed by atoms with Crippen LogP contribution in [0.2, 0.25) is 0 Å². The second-order valence-electron chi connectivity index (χ2n) is 9.16. The van der Waals surface area contributed by atoms with Gasteiger partial charge in [-0.05, 0) is 44.4 Å². The van der Waals surface area contributed by atoms with Crippen LogP contribution in [0.4, 0.5) is 11.4 Å². The molecular formula is C28H30N6O3. The van der Waals surface area contributed by atoms with Gasteiger partial charge in [0.1, 0.15) is 23.0 Å². The highest BCUT2D eigenvalue weighted by Gasteiger charge is 2.28. The van der Waals surface area contributed by atoms with Gasteiger partial charge in [0, 0.05) is 43.5 Å². The van der Waals surface area contributed by atoms with Gasteiger partial charge in [0.2, 0.25) is 11.8 Å². The summed E-state index contributed by atoms with van der Waals surface area (Å²) >= 11 is 0. The molecule has 1 amide bonds. The average molecular weight is 499 g/mol. The van der Waals surface area contributed by atoms with E-state index in [2.05, 4.69) is 20.5 Å². The maximum absolute atomic E-state index is 12.5. The van der Waals surface area contributed by atoms with Crippen molar-refractivity contribution in [1.82, 2.24) is 25.0 Å².